The van der Waals surface area contributed by atoms with E-state index >= 15 is 0 Å². The summed E-state index contributed by atoms with van der Waals surface area (Å²) in [6.45, 7) is 0.358. The molecule has 0 aliphatic carbocycles. The third-order valence-electron chi connectivity index (χ3n) is 2.46. The largest absolute Gasteiger partial charge is 0.326 e. The zero-order valence-electron chi connectivity index (χ0n) is 9.10. The monoisotopic (exact) mass is 230 g/mol. The third-order valence-corrected chi connectivity index (χ3v) is 2.46. The van der Waals surface area contributed by atoms with Gasteiger partial charge in [-0.15, -0.1) is 0 Å². The average Bonchev–Trinajstić information content (AvgIpc) is 2.79. The summed E-state index contributed by atoms with van der Waals surface area (Å²) < 4.78 is 14.8. The molecule has 86 valence electrons. The van der Waals surface area contributed by atoms with Gasteiger partial charge < -0.3 is 5.73 Å². The molecule has 0 atom stereocenters. The van der Waals surface area contributed by atoms with Crippen LogP contribution in [-0.2, 0) is 13.1 Å². The van der Waals surface area contributed by atoms with Crippen LogP contribution < -0.4 is 5.73 Å². The Labute approximate surface area is 98.1 Å². The summed E-state index contributed by atoms with van der Waals surface area (Å²) >= 11 is 0. The molecule has 0 unspecified atom stereocenters. The van der Waals surface area contributed by atoms with Crippen LogP contribution in [0.2, 0.25) is 0 Å². The van der Waals surface area contributed by atoms with Crippen molar-refractivity contribution in [1.29, 1.82) is 5.26 Å². The maximum Gasteiger partial charge on any atom is 0.128 e. The lowest BCUT2D eigenvalue weighted by molar-refractivity contribution is 0.611. The molecule has 4 nitrogen and oxygen atoms in total. The highest BCUT2D eigenvalue weighted by atomic mass is 19.1. The van der Waals surface area contributed by atoms with Gasteiger partial charge >= 0.3 is 0 Å². The van der Waals surface area contributed by atoms with Crippen LogP contribution in [0.4, 0.5) is 4.39 Å². The van der Waals surface area contributed by atoms with Crippen molar-refractivity contribution in [2.75, 3.05) is 0 Å². The first kappa shape index (κ1) is 11.3. The summed E-state index contributed by atoms with van der Waals surface area (Å²) in [5.41, 5.74) is 7.60. The van der Waals surface area contributed by atoms with E-state index in [1.165, 1.54) is 10.7 Å². The fourth-order valence-corrected chi connectivity index (χ4v) is 1.58. The molecule has 0 radical (unpaired) electrons. The number of halogens is 1. The van der Waals surface area contributed by atoms with Crippen LogP contribution in [-0.4, -0.2) is 9.78 Å². The molecule has 1 aromatic heterocycles. The van der Waals surface area contributed by atoms with Crippen LogP contribution in [0.25, 0.3) is 11.1 Å². The SMILES string of the molecule is N#CCn1cc(-c2ccc(F)c(CN)c2)cn1. The number of nitrogens with two attached hydrogens (primary N) is 1. The second-order valence-electron chi connectivity index (χ2n) is 3.60. The number of rotatable bonds is 3. The number of aromatic nitrogens is 2. The minimum Gasteiger partial charge on any atom is -0.326 e. The fourth-order valence-electron chi connectivity index (χ4n) is 1.58. The van der Waals surface area contributed by atoms with E-state index < -0.39 is 0 Å². The molecule has 0 saturated carbocycles. The molecule has 2 N–H and O–H groups in total. The summed E-state index contributed by atoms with van der Waals surface area (Å²) in [4.78, 5) is 0. The van der Waals surface area contributed by atoms with Gasteiger partial charge in [-0.05, 0) is 17.7 Å². The molecule has 0 aliphatic heterocycles. The number of benzene rings is 1. The molecular formula is C12H11FN4. The predicted molar refractivity (Wildman–Crippen MR) is 61.1 cm³/mol. The van der Waals surface area contributed by atoms with Crippen LogP contribution in [0.3, 0.4) is 0 Å². The van der Waals surface area contributed by atoms with Crippen molar-refractivity contribution in [3.8, 4) is 17.2 Å². The second-order valence-corrected chi connectivity index (χ2v) is 3.60. The van der Waals surface area contributed by atoms with Gasteiger partial charge in [0, 0.05) is 23.9 Å². The number of nitrogens with zero attached hydrogens (tertiary/aromatic N) is 3. The fraction of sp³-hybridized carbons (Fsp3) is 0.167. The summed E-state index contributed by atoms with van der Waals surface area (Å²) in [7, 11) is 0. The van der Waals surface area contributed by atoms with E-state index in [0.717, 1.165) is 11.1 Å². The lowest BCUT2D eigenvalue weighted by atomic mass is 10.1. The first-order valence-corrected chi connectivity index (χ1v) is 5.13. The first-order valence-electron chi connectivity index (χ1n) is 5.13. The van der Waals surface area contributed by atoms with Gasteiger partial charge in [-0.2, -0.15) is 10.4 Å². The predicted octanol–water partition coefficient (Wildman–Crippen LogP) is 1.67. The molecule has 0 saturated heterocycles. The van der Waals surface area contributed by atoms with E-state index in [9.17, 15) is 4.39 Å². The Morgan fingerprint density at radius 3 is 2.94 bits per heavy atom. The molecule has 5 heteroatoms. The molecule has 0 aliphatic rings. The quantitative estimate of drug-likeness (QED) is 0.872. The highest BCUT2D eigenvalue weighted by Gasteiger charge is 2.05. The van der Waals surface area contributed by atoms with E-state index in [2.05, 4.69) is 5.10 Å². The Balaban J connectivity index is 2.36. The van der Waals surface area contributed by atoms with Gasteiger partial charge in [0.2, 0.25) is 0 Å². The topological polar surface area (TPSA) is 67.6 Å². The zero-order valence-corrected chi connectivity index (χ0v) is 9.10. The third kappa shape index (κ3) is 2.32. The van der Waals surface area contributed by atoms with Gasteiger partial charge in [-0.3, -0.25) is 4.68 Å². The lowest BCUT2D eigenvalue weighted by Crippen LogP contribution is -1.99. The van der Waals surface area contributed by atoms with Crippen LogP contribution in [0, 0.1) is 17.1 Å². The van der Waals surface area contributed by atoms with E-state index in [4.69, 9.17) is 11.0 Å². The Bertz CT molecular complexity index is 568. The van der Waals surface area contributed by atoms with Crippen LogP contribution in [0.5, 0.6) is 0 Å². The smallest absolute Gasteiger partial charge is 0.128 e. The van der Waals surface area contributed by atoms with Gasteiger partial charge in [0.1, 0.15) is 12.4 Å². The lowest BCUT2D eigenvalue weighted by Gasteiger charge is -2.02. The minimum atomic E-state index is -0.305. The molecule has 17 heavy (non-hydrogen) atoms. The van der Waals surface area contributed by atoms with Crippen molar-refractivity contribution in [2.45, 2.75) is 13.1 Å². The summed E-state index contributed by atoms with van der Waals surface area (Å²) in [6, 6.07) is 6.76. The maximum absolute atomic E-state index is 13.3. The minimum absolute atomic E-state index is 0.159. The summed E-state index contributed by atoms with van der Waals surface area (Å²) in [6.07, 6.45) is 3.39. The highest BCUT2D eigenvalue weighted by molar-refractivity contribution is 5.62. The maximum atomic E-state index is 13.3. The molecular weight excluding hydrogens is 219 g/mol. The Kier molecular flexibility index (Phi) is 3.17. The molecule has 0 amide bonds. The second kappa shape index (κ2) is 4.76. The van der Waals surface area contributed by atoms with Gasteiger partial charge in [0.15, 0.2) is 0 Å². The highest BCUT2D eigenvalue weighted by Crippen LogP contribution is 2.21. The Hall–Kier alpha value is -2.19. The first-order chi connectivity index (χ1) is 8.24. The zero-order chi connectivity index (χ0) is 12.3. The Morgan fingerprint density at radius 2 is 2.24 bits per heavy atom. The number of hydrogen-bond acceptors (Lipinski definition) is 3. The van der Waals surface area contributed by atoms with E-state index in [1.807, 2.05) is 6.07 Å². The molecule has 1 aromatic carbocycles. The average molecular weight is 230 g/mol. The molecule has 2 aromatic rings. The molecule has 2 rings (SSSR count). The van der Waals surface area contributed by atoms with Crippen molar-refractivity contribution < 1.29 is 4.39 Å². The van der Waals surface area contributed by atoms with Crippen LogP contribution >= 0.6 is 0 Å². The summed E-state index contributed by atoms with van der Waals surface area (Å²) in [5, 5.41) is 12.6. The normalized spacial score (nSPS) is 10.2. The molecule has 0 fully saturated rings. The van der Waals surface area contributed by atoms with Crippen LogP contribution in [0.1, 0.15) is 5.56 Å². The van der Waals surface area contributed by atoms with Crippen molar-refractivity contribution in [3.63, 3.8) is 0 Å². The van der Waals surface area contributed by atoms with Gasteiger partial charge in [-0.25, -0.2) is 4.39 Å². The summed E-state index contributed by atoms with van der Waals surface area (Å²) in [5.74, 6) is -0.305. The molecule has 1 heterocycles. The van der Waals surface area contributed by atoms with Crippen molar-refractivity contribution >= 4 is 0 Å². The van der Waals surface area contributed by atoms with Crippen LogP contribution in [0.15, 0.2) is 30.6 Å². The van der Waals surface area contributed by atoms with Gasteiger partial charge in [0.05, 0.1) is 12.3 Å². The van der Waals surface area contributed by atoms with E-state index in [0.29, 0.717) is 5.56 Å². The van der Waals surface area contributed by atoms with E-state index in [-0.39, 0.29) is 18.9 Å². The number of hydrogen-bond donors (Lipinski definition) is 1. The number of nitriles is 1. The van der Waals surface area contributed by atoms with E-state index in [1.54, 1.807) is 24.5 Å². The Morgan fingerprint density at radius 1 is 1.41 bits per heavy atom. The van der Waals surface area contributed by atoms with Crippen molar-refractivity contribution in [2.24, 2.45) is 5.73 Å². The standard InChI is InChI=1S/C12H11FN4/c13-12-2-1-9(5-10(12)6-15)11-7-16-17(8-11)4-3-14/h1-2,5,7-8H,4,6,15H2. The van der Waals surface area contributed by atoms with Gasteiger partial charge in [-0.1, -0.05) is 6.07 Å². The van der Waals surface area contributed by atoms with Gasteiger partial charge in [0.25, 0.3) is 0 Å². The molecule has 0 spiro atoms. The van der Waals surface area contributed by atoms with Crippen molar-refractivity contribution in [1.82, 2.24) is 9.78 Å². The van der Waals surface area contributed by atoms with Crippen molar-refractivity contribution in [3.05, 3.63) is 42.0 Å². The molecule has 0 bridgehead atoms.